The summed E-state index contributed by atoms with van der Waals surface area (Å²) in [5, 5.41) is 14.9. The van der Waals surface area contributed by atoms with Gasteiger partial charge in [0.05, 0.1) is 11.1 Å². The SMILES string of the molecule is O=C(COc1ccc(Cl)cc1[N+](=O)[O-])NN=Cc1ccc(Br)cc1. The second kappa shape index (κ2) is 8.42. The van der Waals surface area contributed by atoms with Crippen LogP contribution in [0.15, 0.2) is 52.0 Å². The highest BCUT2D eigenvalue weighted by Crippen LogP contribution is 2.29. The van der Waals surface area contributed by atoms with E-state index in [9.17, 15) is 14.9 Å². The molecule has 2 rings (SSSR count). The molecule has 2 aromatic rings. The van der Waals surface area contributed by atoms with Gasteiger partial charge in [-0.1, -0.05) is 39.7 Å². The zero-order valence-corrected chi connectivity index (χ0v) is 14.5. The number of benzene rings is 2. The zero-order chi connectivity index (χ0) is 17.5. The number of amides is 1. The van der Waals surface area contributed by atoms with Crippen molar-refractivity contribution < 1.29 is 14.5 Å². The number of carbonyl (C=O) groups excluding carboxylic acids is 1. The third-order valence-corrected chi connectivity index (χ3v) is 3.51. The van der Waals surface area contributed by atoms with Gasteiger partial charge in [-0.2, -0.15) is 5.10 Å². The highest BCUT2D eigenvalue weighted by molar-refractivity contribution is 9.10. The number of hydrazone groups is 1. The Hall–Kier alpha value is -2.45. The van der Waals surface area contributed by atoms with Crippen LogP contribution in [-0.2, 0) is 4.79 Å². The molecule has 0 aromatic heterocycles. The van der Waals surface area contributed by atoms with Crippen molar-refractivity contribution in [2.45, 2.75) is 0 Å². The van der Waals surface area contributed by atoms with E-state index in [2.05, 4.69) is 26.5 Å². The molecule has 2 aromatic carbocycles. The van der Waals surface area contributed by atoms with E-state index < -0.39 is 17.4 Å². The second-order valence-electron chi connectivity index (χ2n) is 4.50. The third kappa shape index (κ3) is 5.32. The first kappa shape index (κ1) is 17.9. The quantitative estimate of drug-likeness (QED) is 0.446. The van der Waals surface area contributed by atoms with Crippen molar-refractivity contribution in [2.24, 2.45) is 5.10 Å². The number of halogens is 2. The maximum atomic E-state index is 11.7. The van der Waals surface area contributed by atoms with Crippen LogP contribution in [0.5, 0.6) is 5.75 Å². The van der Waals surface area contributed by atoms with Crippen molar-refractivity contribution in [3.05, 3.63) is 67.6 Å². The van der Waals surface area contributed by atoms with Crippen LogP contribution in [0.1, 0.15) is 5.56 Å². The van der Waals surface area contributed by atoms with Crippen molar-refractivity contribution in [2.75, 3.05) is 6.61 Å². The molecule has 0 unspecified atom stereocenters. The van der Waals surface area contributed by atoms with Crippen LogP contribution in [0.2, 0.25) is 5.02 Å². The lowest BCUT2D eigenvalue weighted by Gasteiger charge is -2.05. The van der Waals surface area contributed by atoms with Crippen LogP contribution in [0, 0.1) is 10.1 Å². The summed E-state index contributed by atoms with van der Waals surface area (Å²) in [6.45, 7) is -0.417. The van der Waals surface area contributed by atoms with E-state index in [1.807, 2.05) is 24.3 Å². The van der Waals surface area contributed by atoms with E-state index in [4.69, 9.17) is 16.3 Å². The molecule has 0 atom stereocenters. The normalized spacial score (nSPS) is 10.6. The molecule has 0 fully saturated rings. The molecule has 1 amide bonds. The van der Waals surface area contributed by atoms with Crippen molar-refractivity contribution in [3.63, 3.8) is 0 Å². The summed E-state index contributed by atoms with van der Waals surface area (Å²) in [5.74, 6) is -0.593. The molecule has 0 aliphatic heterocycles. The molecule has 0 radical (unpaired) electrons. The molecule has 1 N–H and O–H groups in total. The molecular formula is C15H11BrClN3O4. The number of nitrogens with one attached hydrogen (secondary N) is 1. The fraction of sp³-hybridized carbons (Fsp3) is 0.0667. The number of hydrogen-bond donors (Lipinski definition) is 1. The molecule has 24 heavy (non-hydrogen) atoms. The summed E-state index contributed by atoms with van der Waals surface area (Å²) in [5.41, 5.74) is 2.76. The monoisotopic (exact) mass is 411 g/mol. The minimum Gasteiger partial charge on any atom is -0.477 e. The van der Waals surface area contributed by atoms with E-state index in [-0.39, 0.29) is 16.5 Å². The lowest BCUT2D eigenvalue weighted by molar-refractivity contribution is -0.385. The number of nitrogens with zero attached hydrogens (tertiary/aromatic N) is 2. The van der Waals surface area contributed by atoms with Crippen LogP contribution in [-0.4, -0.2) is 23.7 Å². The Kier molecular flexibility index (Phi) is 6.28. The Balaban J connectivity index is 1.89. The van der Waals surface area contributed by atoms with Crippen LogP contribution in [0.25, 0.3) is 0 Å². The van der Waals surface area contributed by atoms with Gasteiger partial charge < -0.3 is 4.74 Å². The number of carbonyl (C=O) groups is 1. The lowest BCUT2D eigenvalue weighted by Crippen LogP contribution is -2.24. The van der Waals surface area contributed by atoms with Gasteiger partial charge in [-0.05, 0) is 29.8 Å². The van der Waals surface area contributed by atoms with Crippen molar-refractivity contribution in [1.29, 1.82) is 0 Å². The molecule has 7 nitrogen and oxygen atoms in total. The fourth-order valence-corrected chi connectivity index (χ4v) is 2.09. The van der Waals surface area contributed by atoms with Crippen molar-refractivity contribution in [1.82, 2.24) is 5.43 Å². The van der Waals surface area contributed by atoms with Gasteiger partial charge in [0.25, 0.3) is 5.91 Å². The van der Waals surface area contributed by atoms with Crippen LogP contribution < -0.4 is 10.2 Å². The molecule has 124 valence electrons. The van der Waals surface area contributed by atoms with Gasteiger partial charge in [-0.15, -0.1) is 0 Å². The first-order valence-corrected chi connectivity index (χ1v) is 7.77. The molecule has 0 heterocycles. The highest BCUT2D eigenvalue weighted by Gasteiger charge is 2.16. The summed E-state index contributed by atoms with van der Waals surface area (Å²) in [4.78, 5) is 21.9. The first-order chi connectivity index (χ1) is 11.5. The zero-order valence-electron chi connectivity index (χ0n) is 12.1. The van der Waals surface area contributed by atoms with E-state index in [0.29, 0.717) is 0 Å². The molecule has 0 spiro atoms. The highest BCUT2D eigenvalue weighted by atomic mass is 79.9. The Bertz CT molecular complexity index is 781. The summed E-state index contributed by atoms with van der Waals surface area (Å²) < 4.78 is 6.07. The fourth-order valence-electron chi connectivity index (χ4n) is 1.66. The van der Waals surface area contributed by atoms with E-state index in [0.717, 1.165) is 16.1 Å². The standard InChI is InChI=1S/C15H11BrClN3O4/c16-11-3-1-10(2-4-11)8-18-19-15(21)9-24-14-6-5-12(17)7-13(14)20(22)23/h1-8H,9H2,(H,19,21). The molecule has 0 aliphatic carbocycles. The Morgan fingerprint density at radius 1 is 1.33 bits per heavy atom. The first-order valence-electron chi connectivity index (χ1n) is 6.60. The van der Waals surface area contributed by atoms with E-state index >= 15 is 0 Å². The van der Waals surface area contributed by atoms with Gasteiger partial charge in [0.1, 0.15) is 0 Å². The molecule has 0 saturated carbocycles. The largest absolute Gasteiger partial charge is 0.477 e. The summed E-state index contributed by atoms with van der Waals surface area (Å²) >= 11 is 9.01. The second-order valence-corrected chi connectivity index (χ2v) is 5.85. The van der Waals surface area contributed by atoms with Gasteiger partial charge in [0.2, 0.25) is 0 Å². The maximum Gasteiger partial charge on any atom is 0.312 e. The van der Waals surface area contributed by atoms with E-state index in [1.54, 1.807) is 0 Å². The summed E-state index contributed by atoms with van der Waals surface area (Å²) in [6.07, 6.45) is 1.47. The minimum atomic E-state index is -0.634. The molecular weight excluding hydrogens is 402 g/mol. The Labute approximate surface area is 150 Å². The van der Waals surface area contributed by atoms with Crippen molar-refractivity contribution >= 4 is 45.3 Å². The molecule has 0 aliphatic rings. The Morgan fingerprint density at radius 3 is 2.71 bits per heavy atom. The Morgan fingerprint density at radius 2 is 2.04 bits per heavy atom. The van der Waals surface area contributed by atoms with Gasteiger partial charge >= 0.3 is 5.69 Å². The molecule has 0 saturated heterocycles. The van der Waals surface area contributed by atoms with Crippen LogP contribution >= 0.6 is 27.5 Å². The lowest BCUT2D eigenvalue weighted by atomic mass is 10.2. The van der Waals surface area contributed by atoms with Crippen molar-refractivity contribution in [3.8, 4) is 5.75 Å². The van der Waals surface area contributed by atoms with Gasteiger partial charge in [-0.25, -0.2) is 5.43 Å². The predicted molar refractivity (Wildman–Crippen MR) is 93.5 cm³/mol. The van der Waals surface area contributed by atoms with Crippen LogP contribution in [0.4, 0.5) is 5.69 Å². The summed E-state index contributed by atoms with van der Waals surface area (Å²) in [7, 11) is 0. The van der Waals surface area contributed by atoms with Gasteiger partial charge in [0.15, 0.2) is 12.4 Å². The summed E-state index contributed by atoms with van der Waals surface area (Å²) in [6, 6.07) is 11.2. The third-order valence-electron chi connectivity index (χ3n) is 2.75. The maximum absolute atomic E-state index is 11.7. The minimum absolute atomic E-state index is 0.0450. The number of hydrogen-bond acceptors (Lipinski definition) is 5. The average molecular weight is 413 g/mol. The average Bonchev–Trinajstić information content (AvgIpc) is 2.55. The van der Waals surface area contributed by atoms with Gasteiger partial charge in [0, 0.05) is 15.6 Å². The smallest absolute Gasteiger partial charge is 0.312 e. The topological polar surface area (TPSA) is 93.8 Å². The number of rotatable bonds is 6. The number of nitro benzene ring substituents is 1. The van der Waals surface area contributed by atoms with Crippen LogP contribution in [0.3, 0.4) is 0 Å². The number of ether oxygens (including phenoxy) is 1. The van der Waals surface area contributed by atoms with Gasteiger partial charge in [-0.3, -0.25) is 14.9 Å². The predicted octanol–water partition coefficient (Wildman–Crippen LogP) is 3.54. The molecule has 9 heteroatoms. The molecule has 0 bridgehead atoms. The van der Waals surface area contributed by atoms with E-state index in [1.165, 1.54) is 18.3 Å². The number of nitro groups is 1.